The van der Waals surface area contributed by atoms with Crippen molar-refractivity contribution in [3.63, 3.8) is 0 Å². The summed E-state index contributed by atoms with van der Waals surface area (Å²) in [4.78, 5) is 25.7. The zero-order chi connectivity index (χ0) is 32.4. The average molecular weight is 626 g/mol. The maximum absolute atomic E-state index is 12.3. The van der Waals surface area contributed by atoms with Crippen LogP contribution in [0.15, 0.2) is 30.6 Å². The van der Waals surface area contributed by atoms with Crippen LogP contribution in [0.4, 0.5) is 16.4 Å². The van der Waals surface area contributed by atoms with E-state index < -0.39 is 5.60 Å². The van der Waals surface area contributed by atoms with Gasteiger partial charge in [0, 0.05) is 62.7 Å². The van der Waals surface area contributed by atoms with Gasteiger partial charge in [0.2, 0.25) is 5.88 Å². The van der Waals surface area contributed by atoms with Crippen LogP contribution in [0.1, 0.15) is 78.4 Å². The maximum atomic E-state index is 12.3. The Morgan fingerprint density at radius 2 is 1.93 bits per heavy atom. The summed E-state index contributed by atoms with van der Waals surface area (Å²) >= 11 is 0. The lowest BCUT2D eigenvalue weighted by atomic mass is 10.1. The number of pyridine rings is 1. The molecule has 248 valence electrons. The molecule has 0 spiro atoms. The first-order valence-electron chi connectivity index (χ1n) is 16.3. The van der Waals surface area contributed by atoms with Gasteiger partial charge in [0.15, 0.2) is 5.65 Å². The highest BCUT2D eigenvalue weighted by atomic mass is 16.6. The van der Waals surface area contributed by atoms with E-state index in [0.717, 1.165) is 60.6 Å². The fourth-order valence-corrected chi connectivity index (χ4v) is 5.54. The van der Waals surface area contributed by atoms with Gasteiger partial charge in [-0.2, -0.15) is 9.61 Å². The lowest BCUT2D eigenvalue weighted by Gasteiger charge is -2.33. The Labute approximate surface area is 267 Å². The van der Waals surface area contributed by atoms with Gasteiger partial charge in [-0.15, -0.1) is 0 Å². The summed E-state index contributed by atoms with van der Waals surface area (Å²) in [5.74, 6) is 2.27. The molecule has 12 nitrogen and oxygen atoms in total. The minimum Gasteiger partial charge on any atom is -0.475 e. The number of anilines is 2. The number of ether oxygens (including phenoxy) is 3. The van der Waals surface area contributed by atoms with Crippen molar-refractivity contribution in [2.24, 2.45) is 0 Å². The first-order chi connectivity index (χ1) is 21.6. The van der Waals surface area contributed by atoms with E-state index in [1.54, 1.807) is 4.90 Å². The molecule has 1 aliphatic heterocycles. The molecule has 1 fully saturated rings. The first-order valence-corrected chi connectivity index (χ1v) is 16.3. The number of rotatable bonds is 15. The lowest BCUT2D eigenvalue weighted by Crippen LogP contribution is -2.43. The highest BCUT2D eigenvalue weighted by Gasteiger charge is 2.27. The highest BCUT2D eigenvalue weighted by molar-refractivity contribution is 5.68. The number of nitrogens with zero attached hydrogens (tertiary/aromatic N) is 6. The number of aliphatic hydroxyl groups is 1. The Morgan fingerprint density at radius 1 is 1.16 bits per heavy atom. The van der Waals surface area contributed by atoms with Crippen LogP contribution in [0.2, 0.25) is 0 Å². The van der Waals surface area contributed by atoms with E-state index in [0.29, 0.717) is 45.1 Å². The molecule has 1 aliphatic rings. The number of aromatic nitrogens is 4. The number of aliphatic hydroxyl groups excluding tert-OH is 1. The van der Waals surface area contributed by atoms with Crippen LogP contribution in [-0.4, -0.2) is 92.9 Å². The van der Waals surface area contributed by atoms with Crippen LogP contribution in [0, 0.1) is 0 Å². The summed E-state index contributed by atoms with van der Waals surface area (Å²) in [7, 11) is 0. The predicted octanol–water partition coefficient (Wildman–Crippen LogP) is 5.08. The molecule has 4 rings (SSSR count). The van der Waals surface area contributed by atoms with Crippen LogP contribution in [0.5, 0.6) is 5.88 Å². The fraction of sp³-hybridized carbons (Fsp3) is 0.636. The molecule has 2 N–H and O–H groups in total. The second kappa shape index (κ2) is 16.1. The van der Waals surface area contributed by atoms with Crippen LogP contribution in [0.3, 0.4) is 0 Å². The molecule has 4 heterocycles. The molecule has 3 aromatic heterocycles. The van der Waals surface area contributed by atoms with Crippen molar-refractivity contribution in [1.29, 1.82) is 0 Å². The summed E-state index contributed by atoms with van der Waals surface area (Å²) in [5.41, 5.74) is 2.44. The number of nitrogens with one attached hydrogen (secondary N) is 1. The van der Waals surface area contributed by atoms with Gasteiger partial charge in [0.05, 0.1) is 18.9 Å². The number of carbonyl (C=O) groups is 1. The third kappa shape index (κ3) is 9.43. The highest BCUT2D eigenvalue weighted by Crippen LogP contribution is 2.26. The first kappa shape index (κ1) is 34.2. The van der Waals surface area contributed by atoms with Gasteiger partial charge in [-0.3, -0.25) is 0 Å². The Balaban J connectivity index is 1.28. The largest absolute Gasteiger partial charge is 0.475 e. The maximum Gasteiger partial charge on any atom is 0.410 e. The number of piperidine rings is 1. The molecule has 45 heavy (non-hydrogen) atoms. The van der Waals surface area contributed by atoms with Crippen molar-refractivity contribution in [3.8, 4) is 5.88 Å². The van der Waals surface area contributed by atoms with Gasteiger partial charge in [-0.25, -0.2) is 14.8 Å². The van der Waals surface area contributed by atoms with Crippen LogP contribution in [0.25, 0.3) is 5.65 Å². The zero-order valence-electron chi connectivity index (χ0n) is 27.8. The van der Waals surface area contributed by atoms with Gasteiger partial charge in [-0.05, 0) is 65.4 Å². The van der Waals surface area contributed by atoms with Gasteiger partial charge in [-0.1, -0.05) is 19.9 Å². The van der Waals surface area contributed by atoms with E-state index in [1.165, 1.54) is 0 Å². The van der Waals surface area contributed by atoms with Crippen LogP contribution < -0.4 is 15.0 Å². The SMILES string of the molecule is CCc1cnn2c(NCc3ccc(OCCOC4CCN(C(=O)OC(C)(C)C)CC4)nc3)cc(N(CC)C(CC)CCO)nc12. The molecule has 0 aromatic carbocycles. The van der Waals surface area contributed by atoms with Crippen molar-refractivity contribution in [1.82, 2.24) is 24.5 Å². The second-order valence-corrected chi connectivity index (χ2v) is 12.4. The Morgan fingerprint density at radius 3 is 2.56 bits per heavy atom. The normalized spacial score (nSPS) is 14.9. The number of fused-ring (bicyclic) bond motifs is 1. The van der Waals surface area contributed by atoms with E-state index in [2.05, 4.69) is 41.1 Å². The molecule has 0 aliphatic carbocycles. The molecule has 0 radical (unpaired) electrons. The summed E-state index contributed by atoms with van der Waals surface area (Å²) in [6, 6.07) is 6.10. The van der Waals surface area contributed by atoms with E-state index in [-0.39, 0.29) is 24.8 Å². The Hall–Kier alpha value is -3.64. The topological polar surface area (TPSA) is 127 Å². The van der Waals surface area contributed by atoms with Crippen molar-refractivity contribution in [3.05, 3.63) is 41.7 Å². The Bertz CT molecular complexity index is 1350. The molecule has 1 unspecified atom stereocenters. The summed E-state index contributed by atoms with van der Waals surface area (Å²) in [5, 5.41) is 17.8. The van der Waals surface area contributed by atoms with Crippen molar-refractivity contribution >= 4 is 23.4 Å². The summed E-state index contributed by atoms with van der Waals surface area (Å²) in [6.07, 6.45) is 7.54. The summed E-state index contributed by atoms with van der Waals surface area (Å²) in [6.45, 7) is 15.6. The second-order valence-electron chi connectivity index (χ2n) is 12.4. The molecule has 3 aromatic rings. The minimum atomic E-state index is -0.490. The molecule has 1 atom stereocenters. The molecule has 12 heteroatoms. The number of carbonyl (C=O) groups excluding carboxylic acids is 1. The zero-order valence-corrected chi connectivity index (χ0v) is 27.8. The number of hydrogen-bond donors (Lipinski definition) is 2. The van der Waals surface area contributed by atoms with Crippen molar-refractivity contribution < 1.29 is 24.1 Å². The smallest absolute Gasteiger partial charge is 0.410 e. The van der Waals surface area contributed by atoms with Crippen molar-refractivity contribution in [2.45, 2.75) is 97.9 Å². The third-order valence-electron chi connectivity index (χ3n) is 7.97. The Kier molecular flexibility index (Phi) is 12.2. The van der Waals surface area contributed by atoms with Gasteiger partial charge in [0.1, 0.15) is 23.8 Å². The number of amides is 1. The van der Waals surface area contributed by atoms with E-state index >= 15 is 0 Å². The van der Waals surface area contributed by atoms with E-state index in [4.69, 9.17) is 19.2 Å². The third-order valence-corrected chi connectivity index (χ3v) is 7.97. The molecule has 1 saturated heterocycles. The van der Waals surface area contributed by atoms with E-state index in [9.17, 15) is 9.90 Å². The number of likely N-dealkylation sites (tertiary alicyclic amines) is 1. The molecule has 1 amide bonds. The van der Waals surface area contributed by atoms with E-state index in [1.807, 2.05) is 55.9 Å². The van der Waals surface area contributed by atoms with Gasteiger partial charge in [0.25, 0.3) is 0 Å². The molecular formula is C33H51N7O5. The van der Waals surface area contributed by atoms with Crippen molar-refractivity contribution in [2.75, 3.05) is 49.7 Å². The van der Waals surface area contributed by atoms with Gasteiger partial charge < -0.3 is 34.4 Å². The fourth-order valence-electron chi connectivity index (χ4n) is 5.54. The number of hydrogen-bond acceptors (Lipinski definition) is 10. The average Bonchev–Trinajstić information content (AvgIpc) is 3.45. The van der Waals surface area contributed by atoms with Gasteiger partial charge >= 0.3 is 6.09 Å². The molecule has 0 saturated carbocycles. The minimum absolute atomic E-state index is 0.101. The molecular weight excluding hydrogens is 574 g/mol. The predicted molar refractivity (Wildman–Crippen MR) is 175 cm³/mol. The lowest BCUT2D eigenvalue weighted by molar-refractivity contribution is -0.0179. The standard InChI is InChI=1S/C33H51N7O5/c1-7-25-23-36-40-28(20-29(37-31(25)40)39(9-3)26(8-2)14-17-41)34-21-24-10-11-30(35-22-24)44-19-18-43-27-12-15-38(16-13-27)32(42)45-33(4,5)6/h10-11,20,22-23,26-27,34,41H,7-9,12-19,21H2,1-6H3. The van der Waals surface area contributed by atoms with Crippen LogP contribution in [-0.2, 0) is 22.4 Å². The summed E-state index contributed by atoms with van der Waals surface area (Å²) < 4.78 is 19.1. The van der Waals surface area contributed by atoms with Crippen LogP contribution >= 0.6 is 0 Å². The monoisotopic (exact) mass is 625 g/mol. The number of aryl methyl sites for hydroxylation is 1. The quantitative estimate of drug-likeness (QED) is 0.221. The molecule has 0 bridgehead atoms.